The fourth-order valence-corrected chi connectivity index (χ4v) is 1.46. The van der Waals surface area contributed by atoms with Gasteiger partial charge in [0.1, 0.15) is 5.56 Å². The van der Waals surface area contributed by atoms with Gasteiger partial charge in [0.2, 0.25) is 0 Å². The van der Waals surface area contributed by atoms with Gasteiger partial charge in [-0.1, -0.05) is 22.5 Å². The normalized spacial score (nSPS) is 10.0. The Balaban J connectivity index is 3.29. The zero-order valence-electron chi connectivity index (χ0n) is 8.16. The molecule has 0 saturated carbocycles. The number of carbonyl (C=O) groups is 1. The highest BCUT2D eigenvalue weighted by atomic mass is 79.9. The Morgan fingerprint density at radius 3 is 2.73 bits per heavy atom. The maximum atomic E-state index is 11.3. The lowest BCUT2D eigenvalue weighted by atomic mass is 10.2. The summed E-state index contributed by atoms with van der Waals surface area (Å²) in [6, 6.07) is 1.30. The van der Waals surface area contributed by atoms with Crippen LogP contribution in [-0.4, -0.2) is 15.6 Å². The second-order valence-electron chi connectivity index (χ2n) is 3.14. The number of allylic oxidation sites excluding steroid dienone is 1. The molecule has 0 saturated heterocycles. The molecule has 1 aromatic rings. The predicted molar refractivity (Wildman–Crippen MR) is 60.5 cm³/mol. The molecule has 15 heavy (non-hydrogen) atoms. The number of nitrogens with zero attached hydrogens (tertiary/aromatic N) is 1. The highest BCUT2D eigenvalue weighted by Gasteiger charge is 2.10. The lowest BCUT2D eigenvalue weighted by molar-refractivity contribution is 0.0694. The van der Waals surface area contributed by atoms with Crippen LogP contribution in [0.1, 0.15) is 16.1 Å². The summed E-state index contributed by atoms with van der Waals surface area (Å²) >= 11 is 3.18. The van der Waals surface area contributed by atoms with Crippen LogP contribution in [0.5, 0.6) is 0 Å². The molecule has 0 aliphatic heterocycles. The van der Waals surface area contributed by atoms with E-state index < -0.39 is 11.4 Å². The second-order valence-corrected chi connectivity index (χ2v) is 4.26. The molecule has 5 heteroatoms. The van der Waals surface area contributed by atoms with Gasteiger partial charge >= 0.3 is 5.97 Å². The van der Waals surface area contributed by atoms with Crippen LogP contribution in [0.4, 0.5) is 0 Å². The number of hydrogen-bond donors (Lipinski definition) is 1. The summed E-state index contributed by atoms with van der Waals surface area (Å²) in [6.07, 6.45) is 1.33. The van der Waals surface area contributed by atoms with Gasteiger partial charge < -0.3 is 9.67 Å². The van der Waals surface area contributed by atoms with Crippen molar-refractivity contribution in [1.29, 1.82) is 0 Å². The number of aromatic carboxylic acids is 1. The van der Waals surface area contributed by atoms with Crippen LogP contribution in [0, 0.1) is 6.92 Å². The maximum Gasteiger partial charge on any atom is 0.341 e. The average Bonchev–Trinajstić information content (AvgIpc) is 2.08. The zero-order valence-corrected chi connectivity index (χ0v) is 9.74. The van der Waals surface area contributed by atoms with Crippen molar-refractivity contribution in [3.05, 3.63) is 44.8 Å². The van der Waals surface area contributed by atoms with Crippen molar-refractivity contribution in [3.8, 4) is 0 Å². The minimum Gasteiger partial charge on any atom is -0.477 e. The highest BCUT2D eigenvalue weighted by Crippen LogP contribution is 2.08. The van der Waals surface area contributed by atoms with Crippen LogP contribution in [-0.2, 0) is 6.54 Å². The molecule has 1 heterocycles. The molecule has 0 aromatic carbocycles. The zero-order chi connectivity index (χ0) is 11.6. The van der Waals surface area contributed by atoms with Crippen LogP contribution >= 0.6 is 15.9 Å². The smallest absolute Gasteiger partial charge is 0.341 e. The first-order chi connectivity index (χ1) is 6.91. The summed E-state index contributed by atoms with van der Waals surface area (Å²) in [5, 5.41) is 8.77. The van der Waals surface area contributed by atoms with Crippen LogP contribution in [0.15, 0.2) is 28.1 Å². The topological polar surface area (TPSA) is 59.3 Å². The molecule has 0 bridgehead atoms. The van der Waals surface area contributed by atoms with Gasteiger partial charge in [0.15, 0.2) is 5.43 Å². The van der Waals surface area contributed by atoms with Gasteiger partial charge in [-0.05, 0) is 6.92 Å². The van der Waals surface area contributed by atoms with E-state index in [4.69, 9.17) is 5.11 Å². The second kappa shape index (κ2) is 4.44. The first kappa shape index (κ1) is 11.7. The Hall–Kier alpha value is -1.36. The molecule has 0 aliphatic carbocycles. The number of aryl methyl sites for hydroxylation is 1. The van der Waals surface area contributed by atoms with E-state index in [9.17, 15) is 9.59 Å². The van der Waals surface area contributed by atoms with Gasteiger partial charge in [0, 0.05) is 22.4 Å². The van der Waals surface area contributed by atoms with Gasteiger partial charge in [-0.2, -0.15) is 0 Å². The third-order valence-electron chi connectivity index (χ3n) is 1.92. The Labute approximate surface area is 95.0 Å². The fourth-order valence-electron chi connectivity index (χ4n) is 1.19. The van der Waals surface area contributed by atoms with Gasteiger partial charge in [0.05, 0.1) is 6.54 Å². The maximum absolute atomic E-state index is 11.3. The number of rotatable bonds is 3. The molecule has 0 atom stereocenters. The average molecular weight is 272 g/mol. The van der Waals surface area contributed by atoms with Gasteiger partial charge in [-0.25, -0.2) is 4.79 Å². The highest BCUT2D eigenvalue weighted by molar-refractivity contribution is 9.11. The van der Waals surface area contributed by atoms with Gasteiger partial charge in [-0.3, -0.25) is 4.79 Å². The van der Waals surface area contributed by atoms with E-state index in [0.29, 0.717) is 16.7 Å². The quantitative estimate of drug-likeness (QED) is 0.912. The molecule has 0 unspecified atom stereocenters. The van der Waals surface area contributed by atoms with Crippen molar-refractivity contribution in [1.82, 2.24) is 4.57 Å². The Morgan fingerprint density at radius 2 is 2.27 bits per heavy atom. The number of hydrogen-bond acceptors (Lipinski definition) is 2. The molecule has 0 fully saturated rings. The molecule has 0 spiro atoms. The van der Waals surface area contributed by atoms with E-state index in [-0.39, 0.29) is 5.56 Å². The van der Waals surface area contributed by atoms with E-state index in [1.165, 1.54) is 12.3 Å². The molecule has 1 aromatic heterocycles. The lowest BCUT2D eigenvalue weighted by Gasteiger charge is -2.10. The van der Waals surface area contributed by atoms with Crippen molar-refractivity contribution >= 4 is 21.9 Å². The van der Waals surface area contributed by atoms with Crippen molar-refractivity contribution in [3.63, 3.8) is 0 Å². The first-order valence-electron chi connectivity index (χ1n) is 4.19. The lowest BCUT2D eigenvalue weighted by Crippen LogP contribution is -2.19. The van der Waals surface area contributed by atoms with E-state index in [1.54, 1.807) is 11.5 Å². The molecular formula is C10H10BrNO3. The number of pyridine rings is 1. The molecule has 0 aliphatic rings. The first-order valence-corrected chi connectivity index (χ1v) is 4.99. The Bertz CT molecular complexity index is 476. The van der Waals surface area contributed by atoms with Gasteiger partial charge in [-0.15, -0.1) is 0 Å². The van der Waals surface area contributed by atoms with E-state index in [0.717, 1.165) is 0 Å². The minimum absolute atomic E-state index is 0.227. The number of carboxylic acids is 1. The third-order valence-corrected chi connectivity index (χ3v) is 2.17. The number of aromatic nitrogens is 1. The van der Waals surface area contributed by atoms with Crippen LogP contribution in [0.3, 0.4) is 0 Å². The minimum atomic E-state index is -1.21. The van der Waals surface area contributed by atoms with E-state index in [2.05, 4.69) is 22.5 Å². The molecular weight excluding hydrogens is 262 g/mol. The summed E-state index contributed by atoms with van der Waals surface area (Å²) in [4.78, 5) is 22.0. The summed E-state index contributed by atoms with van der Waals surface area (Å²) < 4.78 is 2.37. The SMILES string of the molecule is C=C(Br)Cn1cc(C(=O)O)c(=O)cc1C. The number of halogens is 1. The van der Waals surface area contributed by atoms with E-state index in [1.807, 2.05) is 0 Å². The predicted octanol–water partition coefficient (Wildman–Crippen LogP) is 1.76. The molecule has 0 amide bonds. The largest absolute Gasteiger partial charge is 0.477 e. The standard InChI is InChI=1S/C10H10BrNO3/c1-6(11)4-12-5-8(10(14)15)9(13)3-7(12)2/h3,5H,1,4H2,2H3,(H,14,15). The van der Waals surface area contributed by atoms with Crippen LogP contribution in [0.25, 0.3) is 0 Å². The van der Waals surface area contributed by atoms with E-state index >= 15 is 0 Å². The van der Waals surface area contributed by atoms with Crippen molar-refractivity contribution < 1.29 is 9.90 Å². The third kappa shape index (κ3) is 2.79. The summed E-state index contributed by atoms with van der Waals surface area (Å²) in [5.41, 5.74) is -0.00335. The molecule has 80 valence electrons. The van der Waals surface area contributed by atoms with Gasteiger partial charge in [0.25, 0.3) is 0 Å². The van der Waals surface area contributed by atoms with Crippen LogP contribution < -0.4 is 5.43 Å². The Kier molecular flexibility index (Phi) is 3.47. The van der Waals surface area contributed by atoms with Crippen molar-refractivity contribution in [2.45, 2.75) is 13.5 Å². The summed E-state index contributed by atoms with van der Waals surface area (Å²) in [7, 11) is 0. The molecule has 1 rings (SSSR count). The Morgan fingerprint density at radius 1 is 1.67 bits per heavy atom. The molecule has 0 radical (unpaired) electrons. The summed E-state index contributed by atoms with van der Waals surface area (Å²) in [6.45, 7) is 5.83. The molecule has 4 nitrogen and oxygen atoms in total. The monoisotopic (exact) mass is 271 g/mol. The van der Waals surface area contributed by atoms with Crippen molar-refractivity contribution in [2.75, 3.05) is 0 Å². The molecule has 1 N–H and O–H groups in total. The van der Waals surface area contributed by atoms with Crippen LogP contribution in [0.2, 0.25) is 0 Å². The fraction of sp³-hybridized carbons (Fsp3) is 0.200. The summed E-state index contributed by atoms with van der Waals surface area (Å²) in [5.74, 6) is -1.21. The number of carboxylic acid groups (broad SMARTS) is 1. The van der Waals surface area contributed by atoms with Crippen molar-refractivity contribution in [2.24, 2.45) is 0 Å².